The number of nitrogens with zero attached hydrogens (tertiary/aromatic N) is 3. The van der Waals surface area contributed by atoms with Crippen LogP contribution in [0.5, 0.6) is 0 Å². The molecule has 45 heavy (non-hydrogen) atoms. The van der Waals surface area contributed by atoms with Crippen molar-refractivity contribution in [2.75, 3.05) is 0 Å². The minimum absolute atomic E-state index is 1.11. The van der Waals surface area contributed by atoms with E-state index in [9.17, 15) is 0 Å². The molecule has 6 aromatic carbocycles. The number of rotatable bonds is 4. The fourth-order valence-electron chi connectivity index (χ4n) is 6.72. The van der Waals surface area contributed by atoms with E-state index in [1.54, 1.807) is 0 Å². The predicted octanol–water partition coefficient (Wildman–Crippen LogP) is 10.9. The fourth-order valence-corrected chi connectivity index (χ4v) is 6.72. The second kappa shape index (κ2) is 10.3. The van der Waals surface area contributed by atoms with E-state index in [4.69, 9.17) is 0 Å². The zero-order valence-electron chi connectivity index (χ0n) is 24.4. The Morgan fingerprint density at radius 3 is 1.73 bits per heavy atom. The van der Waals surface area contributed by atoms with Crippen LogP contribution in [0.1, 0.15) is 0 Å². The lowest BCUT2D eigenvalue weighted by Crippen LogP contribution is -1.94. The second-order valence-corrected chi connectivity index (χ2v) is 11.6. The van der Waals surface area contributed by atoms with E-state index < -0.39 is 0 Å². The zero-order chi connectivity index (χ0) is 29.7. The van der Waals surface area contributed by atoms with E-state index in [0.717, 1.165) is 16.8 Å². The van der Waals surface area contributed by atoms with Crippen molar-refractivity contribution in [3.05, 3.63) is 164 Å². The van der Waals surface area contributed by atoms with Gasteiger partial charge in [0, 0.05) is 52.2 Å². The average Bonchev–Trinajstić information content (AvgIpc) is 3.46. The lowest BCUT2D eigenvalue weighted by molar-refractivity contribution is 1.19. The van der Waals surface area contributed by atoms with Crippen molar-refractivity contribution in [2.24, 2.45) is 0 Å². The van der Waals surface area contributed by atoms with Crippen LogP contribution in [0.4, 0.5) is 0 Å². The summed E-state index contributed by atoms with van der Waals surface area (Å²) in [6, 6.07) is 50.6. The van der Waals surface area contributed by atoms with Crippen molar-refractivity contribution in [3.63, 3.8) is 0 Å². The molecule has 3 nitrogen and oxygen atoms in total. The smallest absolute Gasteiger partial charge is 0.0619 e. The molecule has 3 heterocycles. The average molecular weight is 574 g/mol. The molecule has 3 aromatic heterocycles. The van der Waals surface area contributed by atoms with E-state index in [2.05, 4.69) is 148 Å². The van der Waals surface area contributed by atoms with Gasteiger partial charge in [0.1, 0.15) is 0 Å². The summed E-state index contributed by atoms with van der Waals surface area (Å²) in [7, 11) is 0. The lowest BCUT2D eigenvalue weighted by Gasteiger charge is -2.12. The predicted molar refractivity (Wildman–Crippen MR) is 188 cm³/mol. The van der Waals surface area contributed by atoms with Gasteiger partial charge in [-0.25, -0.2) is 0 Å². The topological polar surface area (TPSA) is 30.7 Å². The Balaban J connectivity index is 1.21. The number of hydrogen-bond donors (Lipinski definition) is 0. The van der Waals surface area contributed by atoms with Gasteiger partial charge in [-0.05, 0) is 98.6 Å². The highest BCUT2D eigenvalue weighted by atomic mass is 15.0. The summed E-state index contributed by atoms with van der Waals surface area (Å²) in [6.07, 6.45) is 7.44. The van der Waals surface area contributed by atoms with Crippen molar-refractivity contribution in [1.82, 2.24) is 14.5 Å². The van der Waals surface area contributed by atoms with Gasteiger partial charge in [-0.3, -0.25) is 9.97 Å². The molecule has 0 saturated heterocycles. The van der Waals surface area contributed by atoms with Gasteiger partial charge in [0.2, 0.25) is 0 Å². The number of aromatic nitrogens is 3. The van der Waals surface area contributed by atoms with Crippen LogP contribution in [0.3, 0.4) is 0 Å². The molecule has 0 aliphatic rings. The molecule has 0 fully saturated rings. The molecule has 0 atom stereocenters. The molecule has 0 aliphatic heterocycles. The highest BCUT2D eigenvalue weighted by Gasteiger charge is 2.16. The highest BCUT2D eigenvalue weighted by molar-refractivity contribution is 6.19. The number of hydrogen-bond acceptors (Lipinski definition) is 2. The Hall–Kier alpha value is -6.06. The first kappa shape index (κ1) is 25.4. The number of para-hydroxylation sites is 1. The van der Waals surface area contributed by atoms with Crippen molar-refractivity contribution >= 4 is 43.4 Å². The molecule has 0 spiro atoms. The summed E-state index contributed by atoms with van der Waals surface area (Å²) in [5, 5.41) is 7.42. The van der Waals surface area contributed by atoms with E-state index in [1.165, 1.54) is 65.6 Å². The minimum atomic E-state index is 1.11. The van der Waals surface area contributed by atoms with Crippen molar-refractivity contribution in [1.29, 1.82) is 0 Å². The van der Waals surface area contributed by atoms with Crippen LogP contribution in [0, 0.1) is 0 Å². The molecule has 0 radical (unpaired) electrons. The minimum Gasteiger partial charge on any atom is -0.309 e. The SMILES string of the molecule is c1ccc(-n2c3cc(-c4cccnc4)ccc3c3ccc4cc(-c5ccc6cc(-c7ccncc7)ccc6c5)ccc4c32)cc1. The quantitative estimate of drug-likeness (QED) is 0.210. The Labute approximate surface area is 260 Å². The Bertz CT molecular complexity index is 2510. The maximum atomic E-state index is 4.36. The van der Waals surface area contributed by atoms with Crippen LogP contribution in [0.2, 0.25) is 0 Å². The summed E-state index contributed by atoms with van der Waals surface area (Å²) in [5.41, 5.74) is 10.6. The first-order valence-corrected chi connectivity index (χ1v) is 15.2. The first-order chi connectivity index (χ1) is 22.3. The summed E-state index contributed by atoms with van der Waals surface area (Å²) in [5.74, 6) is 0. The molecule has 0 unspecified atom stereocenters. The summed E-state index contributed by atoms with van der Waals surface area (Å²) in [6.45, 7) is 0. The second-order valence-electron chi connectivity index (χ2n) is 11.6. The van der Waals surface area contributed by atoms with Gasteiger partial charge in [0.15, 0.2) is 0 Å². The standard InChI is InChI=1S/C42H27N3/c1-2-6-37(7-3-1)45-41-26-34(36-5-4-20-44-27-36)13-16-39(41)40-17-14-35-25-33(12-15-38(35)42(40)45)32-11-10-30-23-29(8-9-31(30)24-32)28-18-21-43-22-19-28/h1-27H. The molecule has 0 aliphatic carbocycles. The first-order valence-electron chi connectivity index (χ1n) is 15.2. The van der Waals surface area contributed by atoms with Gasteiger partial charge in [-0.15, -0.1) is 0 Å². The Kier molecular flexibility index (Phi) is 5.82. The maximum absolute atomic E-state index is 4.36. The van der Waals surface area contributed by atoms with Crippen LogP contribution in [0.25, 0.3) is 82.4 Å². The number of fused-ring (bicyclic) bond motifs is 6. The number of benzene rings is 6. The fraction of sp³-hybridized carbons (Fsp3) is 0. The molecule has 9 rings (SSSR count). The maximum Gasteiger partial charge on any atom is 0.0619 e. The molecular formula is C42H27N3. The monoisotopic (exact) mass is 573 g/mol. The number of pyridine rings is 2. The zero-order valence-corrected chi connectivity index (χ0v) is 24.4. The molecule has 210 valence electrons. The Morgan fingerprint density at radius 2 is 1.00 bits per heavy atom. The van der Waals surface area contributed by atoms with E-state index in [0.29, 0.717) is 0 Å². The molecule has 3 heteroatoms. The van der Waals surface area contributed by atoms with Gasteiger partial charge in [-0.2, -0.15) is 0 Å². The van der Waals surface area contributed by atoms with E-state index in [-0.39, 0.29) is 0 Å². The van der Waals surface area contributed by atoms with Crippen LogP contribution in [-0.2, 0) is 0 Å². The van der Waals surface area contributed by atoms with Gasteiger partial charge in [-0.1, -0.05) is 84.9 Å². The molecule has 0 amide bonds. The third-order valence-corrected chi connectivity index (χ3v) is 8.94. The molecular weight excluding hydrogens is 546 g/mol. The van der Waals surface area contributed by atoms with Crippen LogP contribution >= 0.6 is 0 Å². The highest BCUT2D eigenvalue weighted by Crippen LogP contribution is 2.39. The normalized spacial score (nSPS) is 11.6. The van der Waals surface area contributed by atoms with E-state index >= 15 is 0 Å². The summed E-state index contributed by atoms with van der Waals surface area (Å²) < 4.78 is 2.42. The van der Waals surface area contributed by atoms with Crippen molar-refractivity contribution in [3.8, 4) is 39.1 Å². The van der Waals surface area contributed by atoms with Crippen molar-refractivity contribution < 1.29 is 0 Å². The van der Waals surface area contributed by atoms with Crippen LogP contribution in [-0.4, -0.2) is 14.5 Å². The Morgan fingerprint density at radius 1 is 0.378 bits per heavy atom. The molecule has 0 bridgehead atoms. The van der Waals surface area contributed by atoms with E-state index in [1.807, 2.05) is 30.9 Å². The van der Waals surface area contributed by atoms with Crippen LogP contribution in [0.15, 0.2) is 164 Å². The van der Waals surface area contributed by atoms with Gasteiger partial charge >= 0.3 is 0 Å². The summed E-state index contributed by atoms with van der Waals surface area (Å²) >= 11 is 0. The largest absolute Gasteiger partial charge is 0.309 e. The van der Waals surface area contributed by atoms with Gasteiger partial charge in [0.05, 0.1) is 11.0 Å². The molecule has 9 aromatic rings. The third kappa shape index (κ3) is 4.29. The van der Waals surface area contributed by atoms with Crippen molar-refractivity contribution in [2.45, 2.75) is 0 Å². The molecule has 0 saturated carbocycles. The summed E-state index contributed by atoms with van der Waals surface area (Å²) in [4.78, 5) is 8.52. The van der Waals surface area contributed by atoms with Gasteiger partial charge in [0.25, 0.3) is 0 Å². The third-order valence-electron chi connectivity index (χ3n) is 8.94. The van der Waals surface area contributed by atoms with Gasteiger partial charge < -0.3 is 4.57 Å². The molecule has 0 N–H and O–H groups in total. The lowest BCUT2D eigenvalue weighted by atomic mass is 9.96. The van der Waals surface area contributed by atoms with Crippen LogP contribution < -0.4 is 0 Å².